The van der Waals surface area contributed by atoms with Gasteiger partial charge in [-0.2, -0.15) is 5.10 Å². The molecule has 0 bridgehead atoms. The summed E-state index contributed by atoms with van der Waals surface area (Å²) in [6.45, 7) is -0.0251. The third-order valence-corrected chi connectivity index (χ3v) is 2.55. The smallest absolute Gasteiger partial charge is 0.264 e. The Bertz CT molecular complexity index is 736. The molecule has 0 fully saturated rings. The molecule has 0 saturated carbocycles. The molecule has 1 aromatic carbocycles. The maximum absolute atomic E-state index is 12.2. The van der Waals surface area contributed by atoms with Crippen LogP contribution in [0.15, 0.2) is 41.2 Å². The first-order chi connectivity index (χ1) is 10.2. The van der Waals surface area contributed by atoms with Crippen LogP contribution in [-0.4, -0.2) is 27.8 Å². The third-order valence-electron chi connectivity index (χ3n) is 2.55. The van der Waals surface area contributed by atoms with E-state index in [2.05, 4.69) is 27.4 Å². The van der Waals surface area contributed by atoms with Crippen molar-refractivity contribution in [2.45, 2.75) is 6.42 Å². The van der Waals surface area contributed by atoms with Crippen LogP contribution in [0.3, 0.4) is 0 Å². The summed E-state index contributed by atoms with van der Waals surface area (Å²) in [5, 5.41) is 17.2. The molecule has 2 aromatic rings. The van der Waals surface area contributed by atoms with Gasteiger partial charge < -0.3 is 10.4 Å². The number of benzene rings is 1. The summed E-state index contributed by atoms with van der Waals surface area (Å²) in [6, 6.07) is 9.56. The monoisotopic (exact) mass is 283 g/mol. The van der Waals surface area contributed by atoms with E-state index in [4.69, 9.17) is 5.11 Å². The van der Waals surface area contributed by atoms with Crippen LogP contribution in [0.1, 0.15) is 22.3 Å². The molecule has 0 radical (unpaired) electrons. The number of carbonyl (C=O) groups is 1. The Balaban J connectivity index is 2.21. The molecular formula is C15H13N3O3. The SMILES string of the molecule is O=C(Nc1ccc(=O)[nH]n1)c1ccccc1C#CCCO. The van der Waals surface area contributed by atoms with Crippen molar-refractivity contribution in [2.24, 2.45) is 0 Å². The van der Waals surface area contributed by atoms with Crippen molar-refractivity contribution in [3.05, 3.63) is 57.9 Å². The van der Waals surface area contributed by atoms with Crippen LogP contribution in [0.5, 0.6) is 0 Å². The Hall–Kier alpha value is -2.91. The van der Waals surface area contributed by atoms with Crippen LogP contribution in [0, 0.1) is 11.8 Å². The number of amides is 1. The maximum atomic E-state index is 12.2. The van der Waals surface area contributed by atoms with Crippen molar-refractivity contribution in [1.82, 2.24) is 10.2 Å². The van der Waals surface area contributed by atoms with Crippen LogP contribution in [0.2, 0.25) is 0 Å². The fourth-order valence-corrected chi connectivity index (χ4v) is 1.60. The van der Waals surface area contributed by atoms with E-state index in [-0.39, 0.29) is 23.9 Å². The van der Waals surface area contributed by atoms with E-state index in [9.17, 15) is 9.59 Å². The number of hydrogen-bond donors (Lipinski definition) is 3. The summed E-state index contributed by atoms with van der Waals surface area (Å²) in [7, 11) is 0. The summed E-state index contributed by atoms with van der Waals surface area (Å²) in [4.78, 5) is 23.1. The lowest BCUT2D eigenvalue weighted by molar-refractivity contribution is 0.102. The first kappa shape index (κ1) is 14.5. The van der Waals surface area contributed by atoms with Crippen LogP contribution in [0.4, 0.5) is 5.82 Å². The minimum atomic E-state index is -0.372. The van der Waals surface area contributed by atoms with Crippen LogP contribution in [-0.2, 0) is 0 Å². The molecule has 0 unspecified atom stereocenters. The lowest BCUT2D eigenvalue weighted by atomic mass is 10.1. The van der Waals surface area contributed by atoms with E-state index in [1.165, 1.54) is 12.1 Å². The number of nitrogens with one attached hydrogen (secondary N) is 2. The van der Waals surface area contributed by atoms with Gasteiger partial charge in [-0.25, -0.2) is 5.10 Å². The van der Waals surface area contributed by atoms with Gasteiger partial charge in [-0.05, 0) is 18.2 Å². The molecule has 6 nitrogen and oxygen atoms in total. The quantitative estimate of drug-likeness (QED) is 0.725. The zero-order chi connectivity index (χ0) is 15.1. The number of aliphatic hydroxyl groups excluding tert-OH is 1. The van der Waals surface area contributed by atoms with E-state index < -0.39 is 0 Å². The molecule has 6 heteroatoms. The molecule has 0 aliphatic rings. The topological polar surface area (TPSA) is 95.1 Å². The van der Waals surface area contributed by atoms with Crippen molar-refractivity contribution >= 4 is 11.7 Å². The number of aromatic nitrogens is 2. The number of anilines is 1. The number of carbonyl (C=O) groups excluding carboxylic acids is 1. The van der Waals surface area contributed by atoms with Crippen molar-refractivity contribution in [1.29, 1.82) is 0 Å². The van der Waals surface area contributed by atoms with E-state index in [1.54, 1.807) is 24.3 Å². The molecule has 1 aromatic heterocycles. The van der Waals surface area contributed by atoms with Gasteiger partial charge in [-0.1, -0.05) is 24.0 Å². The van der Waals surface area contributed by atoms with Gasteiger partial charge in [0.05, 0.1) is 12.2 Å². The van der Waals surface area contributed by atoms with E-state index in [0.717, 1.165) is 0 Å². The average Bonchev–Trinajstić information content (AvgIpc) is 2.50. The van der Waals surface area contributed by atoms with Crippen LogP contribution in [0.25, 0.3) is 0 Å². The zero-order valence-electron chi connectivity index (χ0n) is 11.1. The minimum Gasteiger partial charge on any atom is -0.395 e. The molecule has 1 heterocycles. The number of rotatable bonds is 3. The molecule has 1 amide bonds. The van der Waals surface area contributed by atoms with E-state index >= 15 is 0 Å². The Morgan fingerprint density at radius 2 is 2.10 bits per heavy atom. The van der Waals surface area contributed by atoms with Gasteiger partial charge in [0.1, 0.15) is 0 Å². The van der Waals surface area contributed by atoms with Gasteiger partial charge in [-0.15, -0.1) is 0 Å². The van der Waals surface area contributed by atoms with Crippen LogP contribution < -0.4 is 10.9 Å². The molecule has 0 aliphatic heterocycles. The third kappa shape index (κ3) is 4.03. The number of aliphatic hydroxyl groups is 1. The maximum Gasteiger partial charge on any atom is 0.264 e. The molecule has 21 heavy (non-hydrogen) atoms. The summed E-state index contributed by atoms with van der Waals surface area (Å²) < 4.78 is 0. The molecule has 106 valence electrons. The highest BCUT2D eigenvalue weighted by Crippen LogP contribution is 2.10. The molecule has 0 saturated heterocycles. The standard InChI is InChI=1S/C15H13N3O3/c19-10-4-3-6-11-5-1-2-7-12(11)15(21)16-13-8-9-14(20)18-17-13/h1-2,5,7-9,19H,4,10H2,(H,18,20)(H,16,17,21). The summed E-state index contributed by atoms with van der Waals surface area (Å²) >= 11 is 0. The van der Waals surface area contributed by atoms with Gasteiger partial charge in [-0.3, -0.25) is 9.59 Å². The van der Waals surface area contributed by atoms with E-state index in [1.807, 2.05) is 0 Å². The van der Waals surface area contributed by atoms with Crippen molar-refractivity contribution in [2.75, 3.05) is 11.9 Å². The molecule has 0 atom stereocenters. The fraction of sp³-hybridized carbons (Fsp3) is 0.133. The first-order valence-electron chi connectivity index (χ1n) is 6.26. The van der Waals surface area contributed by atoms with Gasteiger partial charge in [0.15, 0.2) is 5.82 Å². The number of aromatic amines is 1. The molecule has 3 N–H and O–H groups in total. The number of nitrogens with zero attached hydrogens (tertiary/aromatic N) is 1. The Morgan fingerprint density at radius 3 is 2.81 bits per heavy atom. The summed E-state index contributed by atoms with van der Waals surface area (Å²) in [5.74, 6) is 5.49. The Labute approximate surface area is 120 Å². The average molecular weight is 283 g/mol. The van der Waals surface area contributed by atoms with E-state index in [0.29, 0.717) is 17.5 Å². The summed E-state index contributed by atoms with van der Waals surface area (Å²) in [6.07, 6.45) is 0.345. The highest BCUT2D eigenvalue weighted by Gasteiger charge is 2.10. The second kappa shape index (κ2) is 7.03. The highest BCUT2D eigenvalue weighted by atomic mass is 16.2. The van der Waals surface area contributed by atoms with Crippen molar-refractivity contribution in [3.8, 4) is 11.8 Å². The normalized spacial score (nSPS) is 9.57. The zero-order valence-corrected chi connectivity index (χ0v) is 11.1. The van der Waals surface area contributed by atoms with Gasteiger partial charge >= 0.3 is 0 Å². The lowest BCUT2D eigenvalue weighted by Gasteiger charge is -2.05. The van der Waals surface area contributed by atoms with Crippen molar-refractivity contribution < 1.29 is 9.90 Å². The lowest BCUT2D eigenvalue weighted by Crippen LogP contribution is -2.16. The van der Waals surface area contributed by atoms with Crippen LogP contribution >= 0.6 is 0 Å². The summed E-state index contributed by atoms with van der Waals surface area (Å²) in [5.41, 5.74) is 0.618. The Morgan fingerprint density at radius 1 is 1.29 bits per heavy atom. The minimum absolute atomic E-state index is 0.0251. The first-order valence-corrected chi connectivity index (χ1v) is 6.26. The molecular weight excluding hydrogens is 270 g/mol. The predicted molar refractivity (Wildman–Crippen MR) is 77.8 cm³/mol. The molecule has 0 aliphatic carbocycles. The Kier molecular flexibility index (Phi) is 4.85. The van der Waals surface area contributed by atoms with Crippen molar-refractivity contribution in [3.63, 3.8) is 0 Å². The van der Waals surface area contributed by atoms with Gasteiger partial charge in [0.2, 0.25) is 0 Å². The predicted octanol–water partition coefficient (Wildman–Crippen LogP) is 0.756. The van der Waals surface area contributed by atoms with Gasteiger partial charge in [0, 0.05) is 18.1 Å². The van der Waals surface area contributed by atoms with Gasteiger partial charge in [0.25, 0.3) is 11.5 Å². The largest absolute Gasteiger partial charge is 0.395 e. The molecule has 2 rings (SSSR count). The number of H-pyrrole nitrogens is 1. The second-order valence-corrected chi connectivity index (χ2v) is 4.08. The number of hydrogen-bond acceptors (Lipinski definition) is 4. The fourth-order valence-electron chi connectivity index (χ4n) is 1.60. The highest BCUT2D eigenvalue weighted by molar-refractivity contribution is 6.05. The second-order valence-electron chi connectivity index (χ2n) is 4.08. The molecule has 0 spiro atoms.